The number of fused-ring (bicyclic) bond motifs is 1. The topological polar surface area (TPSA) is 28.2 Å². The number of rotatable bonds is 3. The first-order chi connectivity index (χ1) is 9.33. The van der Waals surface area contributed by atoms with Crippen LogP contribution < -0.4 is 5.32 Å². The molecule has 100 valence electrons. The largest absolute Gasteiger partial charge is 0.310 e. The van der Waals surface area contributed by atoms with E-state index in [1.165, 1.54) is 42.3 Å². The number of pyridine rings is 1. The van der Waals surface area contributed by atoms with E-state index in [0.717, 1.165) is 6.54 Å². The average Bonchev–Trinajstić information content (AvgIpc) is 2.47. The monoisotopic (exact) mass is 255 g/mol. The van der Waals surface area contributed by atoms with E-state index in [-0.39, 0.29) is 0 Å². The van der Waals surface area contributed by atoms with Gasteiger partial charge in [-0.25, -0.2) is 0 Å². The standard InChI is InChI=1S/C16H21N3/c1-19-8-6-15(7-9-19)18-12-14-11-17-10-13-4-2-3-5-16(13)14/h2-5,10-11,15,18H,6-9,12H2,1H3. The summed E-state index contributed by atoms with van der Waals surface area (Å²) in [6.07, 6.45) is 6.42. The molecule has 0 aliphatic carbocycles. The molecule has 0 bridgehead atoms. The zero-order valence-electron chi connectivity index (χ0n) is 11.5. The van der Waals surface area contributed by atoms with Gasteiger partial charge in [0.25, 0.3) is 0 Å². The van der Waals surface area contributed by atoms with Crippen LogP contribution in [-0.4, -0.2) is 36.1 Å². The van der Waals surface area contributed by atoms with E-state index in [1.807, 2.05) is 12.4 Å². The highest BCUT2D eigenvalue weighted by molar-refractivity contribution is 5.84. The van der Waals surface area contributed by atoms with Crippen molar-refractivity contribution in [1.82, 2.24) is 15.2 Å². The minimum atomic E-state index is 0.648. The Morgan fingerprint density at radius 1 is 1.21 bits per heavy atom. The van der Waals surface area contributed by atoms with Crippen molar-refractivity contribution in [2.75, 3.05) is 20.1 Å². The highest BCUT2D eigenvalue weighted by Gasteiger charge is 2.16. The molecule has 0 spiro atoms. The van der Waals surface area contributed by atoms with Crippen molar-refractivity contribution >= 4 is 10.8 Å². The fourth-order valence-electron chi connectivity index (χ4n) is 2.79. The first-order valence-corrected chi connectivity index (χ1v) is 7.06. The summed E-state index contributed by atoms with van der Waals surface area (Å²) in [5.74, 6) is 0. The van der Waals surface area contributed by atoms with E-state index in [0.29, 0.717) is 6.04 Å². The summed E-state index contributed by atoms with van der Waals surface area (Å²) in [5, 5.41) is 6.23. The van der Waals surface area contributed by atoms with Crippen molar-refractivity contribution in [3.63, 3.8) is 0 Å². The van der Waals surface area contributed by atoms with Crippen molar-refractivity contribution < 1.29 is 0 Å². The first kappa shape index (κ1) is 12.6. The molecular formula is C16H21N3. The van der Waals surface area contributed by atoms with Gasteiger partial charge in [-0.15, -0.1) is 0 Å². The van der Waals surface area contributed by atoms with Crippen molar-refractivity contribution in [2.24, 2.45) is 0 Å². The summed E-state index contributed by atoms with van der Waals surface area (Å²) in [6, 6.07) is 9.12. The van der Waals surface area contributed by atoms with Crippen LogP contribution in [0.3, 0.4) is 0 Å². The van der Waals surface area contributed by atoms with Crippen LogP contribution >= 0.6 is 0 Å². The molecule has 1 aliphatic rings. The molecule has 3 rings (SSSR count). The van der Waals surface area contributed by atoms with Gasteiger partial charge < -0.3 is 10.2 Å². The molecule has 0 atom stereocenters. The van der Waals surface area contributed by atoms with Crippen LogP contribution in [0.5, 0.6) is 0 Å². The Morgan fingerprint density at radius 3 is 2.84 bits per heavy atom. The number of likely N-dealkylation sites (tertiary alicyclic amines) is 1. The van der Waals surface area contributed by atoms with Crippen molar-refractivity contribution in [3.05, 3.63) is 42.2 Å². The van der Waals surface area contributed by atoms with Gasteiger partial charge in [-0.3, -0.25) is 4.98 Å². The second-order valence-corrected chi connectivity index (χ2v) is 5.48. The SMILES string of the molecule is CN1CCC(NCc2cncc3ccccc23)CC1. The normalized spacial score (nSPS) is 17.9. The summed E-state index contributed by atoms with van der Waals surface area (Å²) >= 11 is 0. The fraction of sp³-hybridized carbons (Fsp3) is 0.438. The molecule has 0 saturated carbocycles. The number of nitrogens with one attached hydrogen (secondary N) is 1. The molecule has 3 nitrogen and oxygen atoms in total. The molecule has 2 heterocycles. The zero-order chi connectivity index (χ0) is 13.1. The molecule has 3 heteroatoms. The maximum atomic E-state index is 4.34. The van der Waals surface area contributed by atoms with Gasteiger partial charge in [0, 0.05) is 30.4 Å². The van der Waals surface area contributed by atoms with Crippen LogP contribution in [0, 0.1) is 0 Å². The zero-order valence-corrected chi connectivity index (χ0v) is 11.5. The van der Waals surface area contributed by atoms with E-state index >= 15 is 0 Å². The Balaban J connectivity index is 1.68. The Bertz CT molecular complexity index is 539. The highest BCUT2D eigenvalue weighted by Crippen LogP contribution is 2.17. The van der Waals surface area contributed by atoms with Gasteiger partial charge in [0.05, 0.1) is 0 Å². The molecular weight excluding hydrogens is 234 g/mol. The van der Waals surface area contributed by atoms with Gasteiger partial charge in [0.1, 0.15) is 0 Å². The molecule has 2 aromatic rings. The molecule has 19 heavy (non-hydrogen) atoms. The predicted molar refractivity (Wildman–Crippen MR) is 79.1 cm³/mol. The second-order valence-electron chi connectivity index (χ2n) is 5.48. The summed E-state index contributed by atoms with van der Waals surface area (Å²) < 4.78 is 0. The molecule has 1 N–H and O–H groups in total. The molecule has 1 saturated heterocycles. The van der Waals surface area contributed by atoms with E-state index in [2.05, 4.69) is 46.5 Å². The van der Waals surface area contributed by atoms with Gasteiger partial charge in [-0.05, 0) is 43.9 Å². The third-order valence-corrected chi connectivity index (χ3v) is 4.05. The van der Waals surface area contributed by atoms with Gasteiger partial charge >= 0.3 is 0 Å². The average molecular weight is 255 g/mol. The lowest BCUT2D eigenvalue weighted by Gasteiger charge is -2.29. The van der Waals surface area contributed by atoms with E-state index in [4.69, 9.17) is 0 Å². The maximum absolute atomic E-state index is 4.34. The van der Waals surface area contributed by atoms with Crippen LogP contribution in [0.1, 0.15) is 18.4 Å². The van der Waals surface area contributed by atoms with Crippen molar-refractivity contribution in [1.29, 1.82) is 0 Å². The number of nitrogens with zero attached hydrogens (tertiary/aromatic N) is 2. The minimum absolute atomic E-state index is 0.648. The molecule has 1 aromatic carbocycles. The summed E-state index contributed by atoms with van der Waals surface area (Å²) in [4.78, 5) is 6.74. The minimum Gasteiger partial charge on any atom is -0.310 e. The van der Waals surface area contributed by atoms with Gasteiger partial charge in [0.15, 0.2) is 0 Å². The Morgan fingerprint density at radius 2 is 2.00 bits per heavy atom. The van der Waals surface area contributed by atoms with Crippen LogP contribution in [0.25, 0.3) is 10.8 Å². The molecule has 1 aromatic heterocycles. The second kappa shape index (κ2) is 5.68. The Kier molecular flexibility index (Phi) is 3.76. The molecule has 0 amide bonds. The molecule has 0 unspecified atom stereocenters. The number of piperidine rings is 1. The van der Waals surface area contributed by atoms with Gasteiger partial charge in [-0.2, -0.15) is 0 Å². The summed E-state index contributed by atoms with van der Waals surface area (Å²) in [5.41, 5.74) is 1.30. The smallest absolute Gasteiger partial charge is 0.0346 e. The van der Waals surface area contributed by atoms with Gasteiger partial charge in [-0.1, -0.05) is 24.3 Å². The third kappa shape index (κ3) is 2.94. The Hall–Kier alpha value is -1.45. The molecule has 0 radical (unpaired) electrons. The third-order valence-electron chi connectivity index (χ3n) is 4.05. The van der Waals surface area contributed by atoms with Gasteiger partial charge in [0.2, 0.25) is 0 Å². The number of aromatic nitrogens is 1. The number of hydrogen-bond donors (Lipinski definition) is 1. The summed E-state index contributed by atoms with van der Waals surface area (Å²) in [6.45, 7) is 3.32. The fourth-order valence-corrected chi connectivity index (χ4v) is 2.79. The van der Waals surface area contributed by atoms with E-state index in [9.17, 15) is 0 Å². The lowest BCUT2D eigenvalue weighted by atomic mass is 10.0. The van der Waals surface area contributed by atoms with E-state index < -0.39 is 0 Å². The lowest BCUT2D eigenvalue weighted by molar-refractivity contribution is 0.234. The first-order valence-electron chi connectivity index (χ1n) is 7.06. The molecule has 1 fully saturated rings. The Labute approximate surface area is 114 Å². The summed E-state index contributed by atoms with van der Waals surface area (Å²) in [7, 11) is 2.20. The van der Waals surface area contributed by atoms with Crippen molar-refractivity contribution in [2.45, 2.75) is 25.4 Å². The quantitative estimate of drug-likeness (QED) is 0.913. The van der Waals surface area contributed by atoms with E-state index in [1.54, 1.807) is 0 Å². The highest BCUT2D eigenvalue weighted by atomic mass is 15.1. The predicted octanol–water partition coefficient (Wildman–Crippen LogP) is 2.42. The van der Waals surface area contributed by atoms with Crippen LogP contribution in [-0.2, 0) is 6.54 Å². The molecule has 1 aliphatic heterocycles. The van der Waals surface area contributed by atoms with Crippen LogP contribution in [0.2, 0.25) is 0 Å². The van der Waals surface area contributed by atoms with Crippen molar-refractivity contribution in [3.8, 4) is 0 Å². The number of hydrogen-bond acceptors (Lipinski definition) is 3. The number of benzene rings is 1. The van der Waals surface area contributed by atoms with Crippen LogP contribution in [0.15, 0.2) is 36.7 Å². The maximum Gasteiger partial charge on any atom is 0.0346 e. The lowest BCUT2D eigenvalue weighted by Crippen LogP contribution is -2.40. The van der Waals surface area contributed by atoms with Crippen LogP contribution in [0.4, 0.5) is 0 Å².